The zero-order chi connectivity index (χ0) is 14.6. The molecule has 1 aromatic carbocycles. The number of amides is 2. The van der Waals surface area contributed by atoms with Crippen molar-refractivity contribution in [2.45, 2.75) is 26.3 Å². The lowest BCUT2D eigenvalue weighted by Crippen LogP contribution is -2.38. The second-order valence-electron chi connectivity index (χ2n) is 4.29. The number of rotatable bonds is 4. The molecule has 0 aliphatic rings. The van der Waals surface area contributed by atoms with Gasteiger partial charge in [0.2, 0.25) is 0 Å². The molecule has 0 bridgehead atoms. The summed E-state index contributed by atoms with van der Waals surface area (Å²) in [5, 5.41) is 11.8. The van der Waals surface area contributed by atoms with E-state index in [0.29, 0.717) is 5.69 Å². The van der Waals surface area contributed by atoms with Gasteiger partial charge in [0.25, 0.3) is 0 Å². The monoisotopic (exact) mass is 376 g/mol. The van der Waals surface area contributed by atoms with Gasteiger partial charge in [0.15, 0.2) is 0 Å². The number of nitrogens with zero attached hydrogens (tertiary/aromatic N) is 1. The van der Waals surface area contributed by atoms with Gasteiger partial charge in [0.05, 0.1) is 11.3 Å². The predicted molar refractivity (Wildman–Crippen MR) is 82.7 cm³/mol. The van der Waals surface area contributed by atoms with Crippen LogP contribution in [0.1, 0.15) is 30.6 Å². The van der Waals surface area contributed by atoms with Crippen LogP contribution in [-0.2, 0) is 0 Å². The highest BCUT2D eigenvalue weighted by atomic mass is 127. The van der Waals surface area contributed by atoms with Crippen molar-refractivity contribution in [3.05, 3.63) is 27.3 Å². The van der Waals surface area contributed by atoms with Crippen molar-refractivity contribution in [1.29, 1.82) is 0 Å². The van der Waals surface area contributed by atoms with Crippen molar-refractivity contribution in [3.8, 4) is 0 Å². The first-order chi connectivity index (χ1) is 8.86. The number of benzene rings is 1. The number of hydrogen-bond donors (Lipinski definition) is 2. The van der Waals surface area contributed by atoms with E-state index < -0.39 is 5.97 Å². The number of carbonyl (C=O) groups is 2. The number of halogens is 1. The van der Waals surface area contributed by atoms with Crippen molar-refractivity contribution in [2.75, 3.05) is 12.4 Å². The van der Waals surface area contributed by atoms with Gasteiger partial charge in [-0.2, -0.15) is 0 Å². The van der Waals surface area contributed by atoms with Crippen LogP contribution in [0.2, 0.25) is 0 Å². The largest absolute Gasteiger partial charge is 0.478 e. The average Bonchev–Trinajstić information content (AvgIpc) is 2.38. The van der Waals surface area contributed by atoms with E-state index in [-0.39, 0.29) is 17.6 Å². The number of carboxylic acids is 1. The molecule has 1 atom stereocenters. The minimum Gasteiger partial charge on any atom is -0.478 e. The maximum atomic E-state index is 12.0. The maximum Gasteiger partial charge on any atom is 0.337 e. The standard InChI is InChI=1S/C13H17IN2O3/c1-4-8(2)16(3)13(19)15-11-6-5-9(14)7-10(11)12(17)18/h5-8H,4H2,1-3H3,(H,15,19)(H,17,18). The lowest BCUT2D eigenvalue weighted by Gasteiger charge is -2.24. The number of aromatic carboxylic acids is 1. The number of nitrogens with one attached hydrogen (secondary N) is 1. The molecule has 2 N–H and O–H groups in total. The van der Waals surface area contributed by atoms with E-state index in [1.54, 1.807) is 24.1 Å². The molecule has 5 nitrogen and oxygen atoms in total. The van der Waals surface area contributed by atoms with Crippen molar-refractivity contribution < 1.29 is 14.7 Å². The third kappa shape index (κ3) is 4.09. The zero-order valence-electron chi connectivity index (χ0n) is 11.1. The van der Waals surface area contributed by atoms with E-state index in [0.717, 1.165) is 9.99 Å². The normalized spacial score (nSPS) is 11.8. The fourth-order valence-electron chi connectivity index (χ4n) is 1.48. The van der Waals surface area contributed by atoms with E-state index in [4.69, 9.17) is 5.11 Å². The second-order valence-corrected chi connectivity index (χ2v) is 5.54. The summed E-state index contributed by atoms with van der Waals surface area (Å²) in [5.74, 6) is -1.06. The molecule has 1 unspecified atom stereocenters. The Morgan fingerprint density at radius 1 is 1.47 bits per heavy atom. The third-order valence-electron chi connectivity index (χ3n) is 3.03. The molecule has 0 saturated heterocycles. The number of urea groups is 1. The number of carboxylic acid groups (broad SMARTS) is 1. The van der Waals surface area contributed by atoms with Gasteiger partial charge in [-0.15, -0.1) is 0 Å². The minimum atomic E-state index is -1.06. The topological polar surface area (TPSA) is 69.6 Å². The Balaban J connectivity index is 2.94. The maximum absolute atomic E-state index is 12.0. The van der Waals surface area contributed by atoms with Crippen molar-refractivity contribution in [1.82, 2.24) is 4.90 Å². The summed E-state index contributed by atoms with van der Waals surface area (Å²) < 4.78 is 0.809. The molecule has 19 heavy (non-hydrogen) atoms. The number of hydrogen-bond acceptors (Lipinski definition) is 2. The molecule has 6 heteroatoms. The molecule has 2 amide bonds. The van der Waals surface area contributed by atoms with Gasteiger partial charge >= 0.3 is 12.0 Å². The Morgan fingerprint density at radius 3 is 2.63 bits per heavy atom. The van der Waals surface area contributed by atoms with E-state index >= 15 is 0 Å². The van der Waals surface area contributed by atoms with Crippen LogP contribution in [0.15, 0.2) is 18.2 Å². The molecule has 0 heterocycles. The predicted octanol–water partition coefficient (Wildman–Crippen LogP) is 3.25. The zero-order valence-corrected chi connectivity index (χ0v) is 13.3. The first-order valence-corrected chi connectivity index (χ1v) is 7.01. The van der Waals surface area contributed by atoms with Crippen LogP contribution in [0.4, 0.5) is 10.5 Å². The SMILES string of the molecule is CCC(C)N(C)C(=O)Nc1ccc(I)cc1C(=O)O. The molecular weight excluding hydrogens is 359 g/mol. The van der Waals surface area contributed by atoms with Crippen LogP contribution in [0.5, 0.6) is 0 Å². The summed E-state index contributed by atoms with van der Waals surface area (Å²) in [6.45, 7) is 3.92. The highest BCUT2D eigenvalue weighted by Gasteiger charge is 2.17. The fraction of sp³-hybridized carbons (Fsp3) is 0.385. The highest BCUT2D eigenvalue weighted by Crippen LogP contribution is 2.19. The summed E-state index contributed by atoms with van der Waals surface area (Å²) in [6.07, 6.45) is 0.836. The Hall–Kier alpha value is -1.31. The molecule has 104 valence electrons. The van der Waals surface area contributed by atoms with Crippen LogP contribution >= 0.6 is 22.6 Å². The van der Waals surface area contributed by atoms with Crippen LogP contribution in [-0.4, -0.2) is 35.1 Å². The van der Waals surface area contributed by atoms with Crippen LogP contribution in [0.25, 0.3) is 0 Å². The van der Waals surface area contributed by atoms with E-state index in [1.807, 2.05) is 36.4 Å². The summed E-state index contributed by atoms with van der Waals surface area (Å²) >= 11 is 2.03. The summed E-state index contributed by atoms with van der Waals surface area (Å²) in [7, 11) is 1.69. The highest BCUT2D eigenvalue weighted by molar-refractivity contribution is 14.1. The van der Waals surface area contributed by atoms with Gasteiger partial charge in [0.1, 0.15) is 0 Å². The summed E-state index contributed by atoms with van der Waals surface area (Å²) in [4.78, 5) is 24.7. The quantitative estimate of drug-likeness (QED) is 0.793. The second kappa shape index (κ2) is 6.74. The lowest BCUT2D eigenvalue weighted by molar-refractivity contribution is 0.0698. The minimum absolute atomic E-state index is 0.0946. The fourth-order valence-corrected chi connectivity index (χ4v) is 1.97. The van der Waals surface area contributed by atoms with Crippen LogP contribution in [0.3, 0.4) is 0 Å². The van der Waals surface area contributed by atoms with Gasteiger partial charge in [-0.05, 0) is 54.1 Å². The van der Waals surface area contributed by atoms with E-state index in [2.05, 4.69) is 5.32 Å². The van der Waals surface area contributed by atoms with Crippen molar-refractivity contribution >= 4 is 40.3 Å². The molecule has 1 aromatic rings. The Morgan fingerprint density at radius 2 is 2.11 bits per heavy atom. The van der Waals surface area contributed by atoms with Gasteiger partial charge in [-0.25, -0.2) is 9.59 Å². The Kier molecular flexibility index (Phi) is 5.59. The molecular formula is C13H17IN2O3. The lowest BCUT2D eigenvalue weighted by atomic mass is 10.2. The molecule has 1 rings (SSSR count). The van der Waals surface area contributed by atoms with E-state index in [1.165, 1.54) is 6.07 Å². The molecule has 0 aromatic heterocycles. The van der Waals surface area contributed by atoms with E-state index in [9.17, 15) is 9.59 Å². The Bertz CT molecular complexity index is 491. The van der Waals surface area contributed by atoms with Crippen molar-refractivity contribution in [3.63, 3.8) is 0 Å². The molecule has 0 fully saturated rings. The molecule has 0 spiro atoms. The van der Waals surface area contributed by atoms with Gasteiger partial charge in [-0.1, -0.05) is 6.92 Å². The first-order valence-electron chi connectivity index (χ1n) is 5.93. The third-order valence-corrected chi connectivity index (χ3v) is 3.70. The molecule has 0 aliphatic heterocycles. The summed E-state index contributed by atoms with van der Waals surface area (Å²) in [5.41, 5.74) is 0.408. The Labute approximate surface area is 126 Å². The van der Waals surface area contributed by atoms with Gasteiger partial charge in [0, 0.05) is 16.7 Å². The molecule has 0 radical (unpaired) electrons. The van der Waals surface area contributed by atoms with Gasteiger partial charge in [-0.3, -0.25) is 0 Å². The summed E-state index contributed by atoms with van der Waals surface area (Å²) in [6, 6.07) is 4.68. The van der Waals surface area contributed by atoms with Crippen molar-refractivity contribution in [2.24, 2.45) is 0 Å². The first kappa shape index (κ1) is 15.7. The number of anilines is 1. The molecule has 0 aliphatic carbocycles. The molecule has 0 saturated carbocycles. The van der Waals surface area contributed by atoms with Gasteiger partial charge < -0.3 is 15.3 Å². The smallest absolute Gasteiger partial charge is 0.337 e. The van der Waals surface area contributed by atoms with Crippen LogP contribution < -0.4 is 5.32 Å². The number of carbonyl (C=O) groups excluding carboxylic acids is 1. The van der Waals surface area contributed by atoms with Crippen LogP contribution in [0, 0.1) is 3.57 Å². The average molecular weight is 376 g/mol.